The molecule has 0 saturated heterocycles. The van der Waals surface area contributed by atoms with Crippen LogP contribution in [0.15, 0.2) is 24.3 Å². The van der Waals surface area contributed by atoms with Gasteiger partial charge >= 0.3 is 0 Å². The van der Waals surface area contributed by atoms with Crippen LogP contribution >= 0.6 is 13.5 Å². The molecule has 1 rings (SSSR count). The summed E-state index contributed by atoms with van der Waals surface area (Å²) in [5, 5.41) is 9.02. The fourth-order valence-electron chi connectivity index (χ4n) is 0.961. The van der Waals surface area contributed by atoms with Gasteiger partial charge in [0, 0.05) is 0 Å². The lowest BCUT2D eigenvalue weighted by Crippen LogP contribution is -2.10. The SMILES string of the molecule is CC(C)(C)c1ccc(O)cc1.S. The van der Waals surface area contributed by atoms with Crippen molar-refractivity contribution in [3.63, 3.8) is 0 Å². The van der Waals surface area contributed by atoms with Gasteiger partial charge in [-0.15, -0.1) is 0 Å². The smallest absolute Gasteiger partial charge is 0.115 e. The zero-order chi connectivity index (χ0) is 8.48. The Morgan fingerprint density at radius 2 is 1.42 bits per heavy atom. The maximum atomic E-state index is 9.02. The number of rotatable bonds is 0. The summed E-state index contributed by atoms with van der Waals surface area (Å²) in [6, 6.07) is 7.35. The normalized spacial score (nSPS) is 10.6. The molecule has 0 bridgehead atoms. The lowest BCUT2D eigenvalue weighted by atomic mass is 9.87. The van der Waals surface area contributed by atoms with E-state index in [0.717, 1.165) is 0 Å². The van der Waals surface area contributed by atoms with Crippen molar-refractivity contribution < 1.29 is 5.11 Å². The predicted octanol–water partition coefficient (Wildman–Crippen LogP) is 2.80. The Bertz CT molecular complexity index is 233. The van der Waals surface area contributed by atoms with E-state index in [1.807, 2.05) is 12.1 Å². The maximum absolute atomic E-state index is 9.02. The molecule has 0 aliphatic rings. The lowest BCUT2D eigenvalue weighted by molar-refractivity contribution is 0.474. The molecule has 0 aliphatic heterocycles. The molecule has 0 aliphatic carbocycles. The molecular weight excluding hydrogens is 168 g/mol. The van der Waals surface area contributed by atoms with Crippen LogP contribution in [0.1, 0.15) is 26.3 Å². The van der Waals surface area contributed by atoms with E-state index in [1.54, 1.807) is 12.1 Å². The molecule has 0 atom stereocenters. The zero-order valence-electron chi connectivity index (χ0n) is 7.76. The highest BCUT2D eigenvalue weighted by molar-refractivity contribution is 7.59. The summed E-state index contributed by atoms with van der Waals surface area (Å²) in [4.78, 5) is 0. The molecule has 1 N–H and O–H groups in total. The van der Waals surface area contributed by atoms with Crippen LogP contribution in [0.5, 0.6) is 5.75 Å². The number of benzene rings is 1. The Kier molecular flexibility index (Phi) is 3.65. The fraction of sp³-hybridized carbons (Fsp3) is 0.400. The molecule has 0 amide bonds. The maximum Gasteiger partial charge on any atom is 0.115 e. The Hall–Kier alpha value is -0.630. The third kappa shape index (κ3) is 2.78. The fourth-order valence-corrected chi connectivity index (χ4v) is 0.961. The monoisotopic (exact) mass is 184 g/mol. The first-order chi connectivity index (χ1) is 5.00. The molecule has 68 valence electrons. The van der Waals surface area contributed by atoms with Crippen LogP contribution in [0.4, 0.5) is 0 Å². The van der Waals surface area contributed by atoms with Crippen molar-refractivity contribution in [1.29, 1.82) is 0 Å². The summed E-state index contributed by atoms with van der Waals surface area (Å²) in [5.41, 5.74) is 1.42. The van der Waals surface area contributed by atoms with Crippen molar-refractivity contribution in [3.05, 3.63) is 29.8 Å². The van der Waals surface area contributed by atoms with E-state index >= 15 is 0 Å². The number of aromatic hydroxyl groups is 1. The van der Waals surface area contributed by atoms with Crippen molar-refractivity contribution in [3.8, 4) is 5.75 Å². The molecule has 1 nitrogen and oxygen atoms in total. The summed E-state index contributed by atoms with van der Waals surface area (Å²) >= 11 is 0. The molecule has 0 radical (unpaired) electrons. The van der Waals surface area contributed by atoms with Gasteiger partial charge in [0.15, 0.2) is 0 Å². The summed E-state index contributed by atoms with van der Waals surface area (Å²) in [7, 11) is 0. The molecule has 1 aromatic rings. The third-order valence-electron chi connectivity index (χ3n) is 1.73. The van der Waals surface area contributed by atoms with E-state index in [0.29, 0.717) is 5.75 Å². The lowest BCUT2D eigenvalue weighted by Gasteiger charge is -2.18. The van der Waals surface area contributed by atoms with Crippen LogP contribution < -0.4 is 0 Å². The molecular formula is C10H16OS. The van der Waals surface area contributed by atoms with Crippen LogP contribution in [0, 0.1) is 0 Å². The largest absolute Gasteiger partial charge is 0.508 e. The first-order valence-corrected chi connectivity index (χ1v) is 3.79. The van der Waals surface area contributed by atoms with E-state index in [1.165, 1.54) is 5.56 Å². The van der Waals surface area contributed by atoms with Gasteiger partial charge in [0.2, 0.25) is 0 Å². The average Bonchev–Trinajstić information content (AvgIpc) is 1.86. The molecule has 12 heavy (non-hydrogen) atoms. The van der Waals surface area contributed by atoms with Crippen LogP contribution in [0.25, 0.3) is 0 Å². The van der Waals surface area contributed by atoms with Gasteiger partial charge in [-0.3, -0.25) is 0 Å². The summed E-state index contributed by atoms with van der Waals surface area (Å²) in [6.07, 6.45) is 0. The Morgan fingerprint density at radius 1 is 1.00 bits per heavy atom. The van der Waals surface area contributed by atoms with Crippen molar-refractivity contribution in [2.45, 2.75) is 26.2 Å². The van der Waals surface area contributed by atoms with Crippen LogP contribution in [0.3, 0.4) is 0 Å². The van der Waals surface area contributed by atoms with Crippen LogP contribution in [-0.2, 0) is 5.41 Å². The van der Waals surface area contributed by atoms with Gasteiger partial charge in [-0.2, -0.15) is 13.5 Å². The van der Waals surface area contributed by atoms with E-state index < -0.39 is 0 Å². The van der Waals surface area contributed by atoms with Gasteiger partial charge in [0.1, 0.15) is 5.75 Å². The molecule has 1 aromatic carbocycles. The van der Waals surface area contributed by atoms with Crippen LogP contribution in [0.2, 0.25) is 0 Å². The zero-order valence-corrected chi connectivity index (χ0v) is 8.76. The average molecular weight is 184 g/mol. The predicted molar refractivity (Wildman–Crippen MR) is 57.2 cm³/mol. The molecule has 0 aromatic heterocycles. The minimum Gasteiger partial charge on any atom is -0.508 e. The van der Waals surface area contributed by atoms with Crippen molar-refractivity contribution >= 4 is 13.5 Å². The molecule has 0 heterocycles. The highest BCUT2D eigenvalue weighted by Gasteiger charge is 2.12. The van der Waals surface area contributed by atoms with E-state index in [9.17, 15) is 0 Å². The number of hydrogen-bond acceptors (Lipinski definition) is 1. The van der Waals surface area contributed by atoms with Gasteiger partial charge in [0.05, 0.1) is 0 Å². The van der Waals surface area contributed by atoms with Gasteiger partial charge in [-0.25, -0.2) is 0 Å². The van der Waals surface area contributed by atoms with Gasteiger partial charge in [0.25, 0.3) is 0 Å². The Labute approximate surface area is 80.9 Å². The minimum absolute atomic E-state index is 0. The second kappa shape index (κ2) is 3.85. The highest BCUT2D eigenvalue weighted by Crippen LogP contribution is 2.23. The topological polar surface area (TPSA) is 20.2 Å². The number of phenols is 1. The van der Waals surface area contributed by atoms with E-state index in [-0.39, 0.29) is 18.9 Å². The van der Waals surface area contributed by atoms with Gasteiger partial charge in [-0.1, -0.05) is 32.9 Å². The molecule has 0 fully saturated rings. The van der Waals surface area contributed by atoms with Gasteiger partial charge in [-0.05, 0) is 23.1 Å². The van der Waals surface area contributed by atoms with E-state index in [2.05, 4.69) is 20.8 Å². The first-order valence-electron chi connectivity index (χ1n) is 3.79. The quantitative estimate of drug-likeness (QED) is 0.657. The Morgan fingerprint density at radius 3 is 1.75 bits per heavy atom. The second-order valence-corrected chi connectivity index (χ2v) is 3.80. The standard InChI is InChI=1S/C10H14O.H2S/c1-10(2,3)8-4-6-9(11)7-5-8;/h4-7,11H,1-3H3;1H2. The molecule has 2 heteroatoms. The van der Waals surface area contributed by atoms with Crippen LogP contribution in [-0.4, -0.2) is 5.11 Å². The van der Waals surface area contributed by atoms with E-state index in [4.69, 9.17) is 5.11 Å². The van der Waals surface area contributed by atoms with Gasteiger partial charge < -0.3 is 5.11 Å². The minimum atomic E-state index is 0. The summed E-state index contributed by atoms with van der Waals surface area (Å²) in [6.45, 7) is 6.46. The third-order valence-corrected chi connectivity index (χ3v) is 1.73. The van der Waals surface area contributed by atoms with Crippen molar-refractivity contribution in [2.24, 2.45) is 0 Å². The van der Waals surface area contributed by atoms with Crippen molar-refractivity contribution in [1.82, 2.24) is 0 Å². The molecule has 0 unspecified atom stereocenters. The molecule has 0 saturated carbocycles. The first kappa shape index (κ1) is 11.4. The Balaban J connectivity index is 0.00000121. The molecule has 0 spiro atoms. The highest BCUT2D eigenvalue weighted by atomic mass is 32.1. The number of phenolic OH excluding ortho intramolecular Hbond substituents is 1. The number of hydrogen-bond donors (Lipinski definition) is 1. The van der Waals surface area contributed by atoms with Crippen molar-refractivity contribution in [2.75, 3.05) is 0 Å². The second-order valence-electron chi connectivity index (χ2n) is 3.80. The summed E-state index contributed by atoms with van der Waals surface area (Å²) in [5.74, 6) is 0.331. The summed E-state index contributed by atoms with van der Waals surface area (Å²) < 4.78 is 0.